The molecule has 3 heterocycles. The van der Waals surface area contributed by atoms with Crippen molar-refractivity contribution in [2.24, 2.45) is 0 Å². The standard InChI is InChI=1S/C11H19N3O3S/c1-12-2-4-13(5-3-12)11(15)14-7-10-6-9(14)8-18(10,16)17/h9-10H,2-8H2,1H3. The molecule has 3 fully saturated rings. The molecular weight excluding hydrogens is 254 g/mol. The number of hydrogen-bond donors (Lipinski definition) is 0. The molecule has 0 spiro atoms. The lowest BCUT2D eigenvalue weighted by atomic mass is 10.2. The van der Waals surface area contributed by atoms with E-state index in [0.29, 0.717) is 13.0 Å². The molecule has 0 aliphatic carbocycles. The van der Waals surface area contributed by atoms with E-state index in [1.165, 1.54) is 0 Å². The van der Waals surface area contributed by atoms with Crippen molar-refractivity contribution in [3.63, 3.8) is 0 Å². The van der Waals surface area contributed by atoms with Crippen molar-refractivity contribution < 1.29 is 13.2 Å². The van der Waals surface area contributed by atoms with Crippen LogP contribution in [0, 0.1) is 0 Å². The maximum absolute atomic E-state index is 12.3. The van der Waals surface area contributed by atoms with Gasteiger partial charge in [-0.2, -0.15) is 0 Å². The van der Waals surface area contributed by atoms with Crippen LogP contribution in [0.25, 0.3) is 0 Å². The van der Waals surface area contributed by atoms with Gasteiger partial charge in [0.1, 0.15) is 0 Å². The van der Waals surface area contributed by atoms with E-state index >= 15 is 0 Å². The predicted octanol–water partition coefficient (Wildman–Crippen LogP) is -0.775. The van der Waals surface area contributed by atoms with Gasteiger partial charge in [-0.15, -0.1) is 0 Å². The highest BCUT2D eigenvalue weighted by molar-refractivity contribution is 7.92. The SMILES string of the molecule is CN1CCN(C(=O)N2CC3CC2CS3(=O)=O)CC1. The van der Waals surface area contributed by atoms with Crippen LogP contribution in [0.4, 0.5) is 4.79 Å². The van der Waals surface area contributed by atoms with Gasteiger partial charge in [0.2, 0.25) is 0 Å². The largest absolute Gasteiger partial charge is 0.322 e. The normalized spacial score (nSPS) is 35.2. The Morgan fingerprint density at radius 3 is 2.33 bits per heavy atom. The van der Waals surface area contributed by atoms with Crippen molar-refractivity contribution in [2.45, 2.75) is 17.7 Å². The molecule has 0 aromatic heterocycles. The van der Waals surface area contributed by atoms with Crippen LogP contribution in [0.1, 0.15) is 6.42 Å². The Bertz CT molecular complexity index is 456. The monoisotopic (exact) mass is 273 g/mol. The maximum atomic E-state index is 12.3. The molecule has 3 saturated heterocycles. The highest BCUT2D eigenvalue weighted by Gasteiger charge is 2.50. The Balaban J connectivity index is 1.66. The number of urea groups is 1. The molecule has 0 radical (unpaired) electrons. The second-order valence-corrected chi connectivity index (χ2v) is 7.89. The molecule has 2 bridgehead atoms. The quantitative estimate of drug-likeness (QED) is 0.581. The second kappa shape index (κ2) is 4.09. The van der Waals surface area contributed by atoms with E-state index in [1.54, 1.807) is 4.90 Å². The van der Waals surface area contributed by atoms with Gasteiger partial charge in [0, 0.05) is 38.8 Å². The summed E-state index contributed by atoms with van der Waals surface area (Å²) in [5.41, 5.74) is 0. The third-order valence-corrected chi connectivity index (χ3v) is 6.53. The summed E-state index contributed by atoms with van der Waals surface area (Å²) < 4.78 is 23.3. The van der Waals surface area contributed by atoms with Crippen molar-refractivity contribution in [1.29, 1.82) is 0 Å². The summed E-state index contributed by atoms with van der Waals surface area (Å²) >= 11 is 0. The average molecular weight is 273 g/mol. The van der Waals surface area contributed by atoms with E-state index in [2.05, 4.69) is 4.90 Å². The first-order valence-corrected chi connectivity index (χ1v) is 8.14. The molecule has 3 aliphatic rings. The van der Waals surface area contributed by atoms with Crippen LogP contribution < -0.4 is 0 Å². The summed E-state index contributed by atoms with van der Waals surface area (Å²) in [7, 11) is -0.866. The Kier molecular flexibility index (Phi) is 2.78. The molecule has 2 amide bonds. The number of sulfone groups is 1. The second-order valence-electron chi connectivity index (χ2n) is 5.57. The van der Waals surface area contributed by atoms with Gasteiger partial charge in [-0.1, -0.05) is 0 Å². The summed E-state index contributed by atoms with van der Waals surface area (Å²) in [4.78, 5) is 18.2. The summed E-state index contributed by atoms with van der Waals surface area (Å²) in [5, 5.41) is -0.307. The first kappa shape index (κ1) is 12.2. The molecule has 3 rings (SSSR count). The number of likely N-dealkylation sites (tertiary alicyclic amines) is 1. The predicted molar refractivity (Wildman–Crippen MR) is 67.2 cm³/mol. The third kappa shape index (κ3) is 1.89. The number of hydrogen-bond acceptors (Lipinski definition) is 4. The molecule has 0 saturated carbocycles. The minimum atomic E-state index is -2.91. The summed E-state index contributed by atoms with van der Waals surface area (Å²) in [6.45, 7) is 3.68. The molecular formula is C11H19N3O3S. The molecule has 6 nitrogen and oxygen atoms in total. The first-order valence-electron chi connectivity index (χ1n) is 6.43. The van der Waals surface area contributed by atoms with E-state index < -0.39 is 9.84 Å². The Morgan fingerprint density at radius 2 is 1.83 bits per heavy atom. The molecule has 7 heteroatoms. The van der Waals surface area contributed by atoms with Gasteiger partial charge in [0.15, 0.2) is 9.84 Å². The summed E-state index contributed by atoms with van der Waals surface area (Å²) in [5.74, 6) is 0.164. The molecule has 3 aliphatic heterocycles. The summed E-state index contributed by atoms with van der Waals surface area (Å²) in [6.07, 6.45) is 0.641. The molecule has 2 atom stereocenters. The number of carbonyl (C=O) groups is 1. The molecule has 18 heavy (non-hydrogen) atoms. The average Bonchev–Trinajstić information content (AvgIpc) is 2.84. The van der Waals surface area contributed by atoms with Crippen molar-refractivity contribution in [3.05, 3.63) is 0 Å². The smallest absolute Gasteiger partial charge is 0.320 e. The van der Waals surface area contributed by atoms with Gasteiger partial charge in [-0.25, -0.2) is 13.2 Å². The fourth-order valence-electron chi connectivity index (χ4n) is 3.11. The number of nitrogens with zero attached hydrogens (tertiary/aromatic N) is 3. The molecule has 0 aromatic carbocycles. The van der Waals surface area contributed by atoms with Crippen LogP contribution in [0.15, 0.2) is 0 Å². The fraction of sp³-hybridized carbons (Fsp3) is 0.909. The zero-order valence-electron chi connectivity index (χ0n) is 10.6. The first-order chi connectivity index (χ1) is 8.47. The van der Waals surface area contributed by atoms with E-state index in [1.807, 2.05) is 11.9 Å². The topological polar surface area (TPSA) is 60.9 Å². The minimum Gasteiger partial charge on any atom is -0.322 e. The number of amides is 2. The lowest BCUT2D eigenvalue weighted by molar-refractivity contribution is 0.120. The highest BCUT2D eigenvalue weighted by atomic mass is 32.2. The van der Waals surface area contributed by atoms with Crippen LogP contribution in [0.5, 0.6) is 0 Å². The zero-order valence-corrected chi connectivity index (χ0v) is 11.4. The van der Waals surface area contributed by atoms with Crippen LogP contribution in [-0.4, -0.2) is 86.0 Å². The van der Waals surface area contributed by atoms with Crippen LogP contribution in [0.3, 0.4) is 0 Å². The van der Waals surface area contributed by atoms with Crippen LogP contribution in [0.2, 0.25) is 0 Å². The van der Waals surface area contributed by atoms with Gasteiger partial charge in [-0.3, -0.25) is 0 Å². The zero-order chi connectivity index (χ0) is 12.9. The van der Waals surface area contributed by atoms with Gasteiger partial charge in [0.25, 0.3) is 0 Å². The molecule has 0 aromatic rings. The molecule has 102 valence electrons. The minimum absolute atomic E-state index is 0.0329. The number of rotatable bonds is 0. The maximum Gasteiger partial charge on any atom is 0.320 e. The highest BCUT2D eigenvalue weighted by Crippen LogP contribution is 2.33. The van der Waals surface area contributed by atoms with Crippen LogP contribution in [-0.2, 0) is 9.84 Å². The summed E-state index contributed by atoms with van der Waals surface area (Å²) in [6, 6.07) is -0.0438. The lowest BCUT2D eigenvalue weighted by Gasteiger charge is -2.37. The number of likely N-dealkylation sites (N-methyl/N-ethyl adjacent to an activating group) is 1. The molecule has 2 unspecified atom stereocenters. The van der Waals surface area contributed by atoms with Gasteiger partial charge in [0.05, 0.1) is 11.0 Å². The molecule has 0 N–H and O–H groups in total. The van der Waals surface area contributed by atoms with E-state index in [9.17, 15) is 13.2 Å². The number of piperazine rings is 1. The Morgan fingerprint density at radius 1 is 1.17 bits per heavy atom. The van der Waals surface area contributed by atoms with Gasteiger partial charge >= 0.3 is 6.03 Å². The van der Waals surface area contributed by atoms with Crippen molar-refractivity contribution in [2.75, 3.05) is 45.5 Å². The van der Waals surface area contributed by atoms with Gasteiger partial charge in [-0.05, 0) is 13.5 Å². The van der Waals surface area contributed by atoms with Crippen molar-refractivity contribution in [1.82, 2.24) is 14.7 Å². The fourth-order valence-corrected chi connectivity index (χ4v) is 5.14. The van der Waals surface area contributed by atoms with Crippen molar-refractivity contribution in [3.8, 4) is 0 Å². The van der Waals surface area contributed by atoms with Crippen molar-refractivity contribution >= 4 is 15.9 Å². The Hall–Kier alpha value is -0.820. The van der Waals surface area contributed by atoms with Crippen LogP contribution >= 0.6 is 0 Å². The van der Waals surface area contributed by atoms with E-state index in [4.69, 9.17) is 0 Å². The lowest BCUT2D eigenvalue weighted by Crippen LogP contribution is -2.55. The number of carbonyl (C=O) groups excluding carboxylic acids is 1. The number of fused-ring (bicyclic) bond motifs is 2. The van der Waals surface area contributed by atoms with E-state index in [0.717, 1.165) is 26.2 Å². The van der Waals surface area contributed by atoms with Gasteiger partial charge < -0.3 is 14.7 Å². The Labute approximate surface area is 107 Å². The third-order valence-electron chi connectivity index (χ3n) is 4.33. The van der Waals surface area contributed by atoms with E-state index in [-0.39, 0.29) is 23.1 Å².